The molecule has 0 amide bonds. The predicted molar refractivity (Wildman–Crippen MR) is 91.3 cm³/mol. The number of anilines is 1. The van der Waals surface area contributed by atoms with Gasteiger partial charge in [0.25, 0.3) is 0 Å². The molecule has 0 bridgehead atoms. The topological polar surface area (TPSA) is 29.3 Å². The maximum absolute atomic E-state index is 5.85. The lowest BCUT2D eigenvalue weighted by Crippen LogP contribution is -2.07. The first-order chi connectivity index (χ1) is 10.7. The molecule has 3 nitrogen and oxygen atoms in total. The Bertz CT molecular complexity index is 936. The zero-order valence-electron chi connectivity index (χ0n) is 12.6. The van der Waals surface area contributed by atoms with E-state index in [9.17, 15) is 0 Å². The molecule has 0 spiro atoms. The summed E-state index contributed by atoms with van der Waals surface area (Å²) in [5, 5.41) is 2.40. The van der Waals surface area contributed by atoms with Crippen LogP contribution in [0, 0.1) is 0 Å². The number of nitrogens with zero attached hydrogens (tertiary/aromatic N) is 2. The molecule has 0 saturated heterocycles. The summed E-state index contributed by atoms with van der Waals surface area (Å²) in [6, 6.07) is 20.6. The van der Waals surface area contributed by atoms with Crippen molar-refractivity contribution in [3.63, 3.8) is 0 Å². The maximum atomic E-state index is 5.85. The van der Waals surface area contributed by atoms with Crippen LogP contribution in [0.25, 0.3) is 33.3 Å². The SMILES string of the molecule is CN(C)c1ccc2cc(-c3nc4ccccc4o3)ccc2c1. The number of rotatable bonds is 2. The van der Waals surface area contributed by atoms with E-state index in [-0.39, 0.29) is 0 Å². The van der Waals surface area contributed by atoms with Crippen LogP contribution in [0.2, 0.25) is 0 Å². The average Bonchev–Trinajstić information content (AvgIpc) is 2.97. The van der Waals surface area contributed by atoms with Crippen molar-refractivity contribution in [2.45, 2.75) is 0 Å². The first kappa shape index (κ1) is 12.9. The van der Waals surface area contributed by atoms with Gasteiger partial charge >= 0.3 is 0 Å². The number of hydrogen-bond acceptors (Lipinski definition) is 3. The van der Waals surface area contributed by atoms with Gasteiger partial charge in [-0.1, -0.05) is 24.3 Å². The monoisotopic (exact) mass is 288 g/mol. The first-order valence-electron chi connectivity index (χ1n) is 7.28. The van der Waals surface area contributed by atoms with E-state index in [1.54, 1.807) is 0 Å². The summed E-state index contributed by atoms with van der Waals surface area (Å²) in [7, 11) is 4.10. The third-order valence-electron chi connectivity index (χ3n) is 3.88. The molecule has 4 aromatic rings. The summed E-state index contributed by atoms with van der Waals surface area (Å²) < 4.78 is 5.85. The van der Waals surface area contributed by atoms with Crippen LogP contribution in [-0.4, -0.2) is 19.1 Å². The van der Waals surface area contributed by atoms with E-state index in [4.69, 9.17) is 4.42 Å². The van der Waals surface area contributed by atoms with E-state index in [1.165, 1.54) is 16.5 Å². The lowest BCUT2D eigenvalue weighted by atomic mass is 10.1. The molecule has 0 atom stereocenters. The maximum Gasteiger partial charge on any atom is 0.227 e. The van der Waals surface area contributed by atoms with Gasteiger partial charge in [-0.05, 0) is 47.2 Å². The van der Waals surface area contributed by atoms with Crippen molar-refractivity contribution in [1.29, 1.82) is 0 Å². The lowest BCUT2D eigenvalue weighted by Gasteiger charge is -2.13. The Balaban J connectivity index is 1.83. The zero-order chi connectivity index (χ0) is 15.1. The van der Waals surface area contributed by atoms with Crippen molar-refractivity contribution in [2.24, 2.45) is 0 Å². The van der Waals surface area contributed by atoms with Gasteiger partial charge in [0.15, 0.2) is 5.58 Å². The third-order valence-corrected chi connectivity index (χ3v) is 3.88. The van der Waals surface area contributed by atoms with E-state index in [2.05, 4.69) is 46.3 Å². The predicted octanol–water partition coefficient (Wildman–Crippen LogP) is 4.71. The molecule has 0 radical (unpaired) electrons. The molecule has 1 aromatic heterocycles. The van der Waals surface area contributed by atoms with Crippen LogP contribution in [0.1, 0.15) is 0 Å². The highest BCUT2D eigenvalue weighted by Crippen LogP contribution is 2.28. The van der Waals surface area contributed by atoms with Gasteiger partial charge in [0, 0.05) is 25.3 Å². The number of fused-ring (bicyclic) bond motifs is 2. The normalized spacial score (nSPS) is 11.2. The second-order valence-corrected chi connectivity index (χ2v) is 5.63. The summed E-state index contributed by atoms with van der Waals surface area (Å²) in [5.74, 6) is 0.666. The van der Waals surface area contributed by atoms with E-state index in [0.29, 0.717) is 5.89 Å². The fourth-order valence-corrected chi connectivity index (χ4v) is 2.64. The number of para-hydroxylation sites is 2. The van der Waals surface area contributed by atoms with Crippen LogP contribution in [0.15, 0.2) is 65.1 Å². The van der Waals surface area contributed by atoms with E-state index < -0.39 is 0 Å². The second kappa shape index (κ2) is 4.88. The van der Waals surface area contributed by atoms with Crippen molar-refractivity contribution in [1.82, 2.24) is 4.98 Å². The molecule has 108 valence electrons. The Morgan fingerprint density at radius 2 is 1.64 bits per heavy atom. The van der Waals surface area contributed by atoms with Gasteiger partial charge < -0.3 is 9.32 Å². The number of benzene rings is 3. The van der Waals surface area contributed by atoms with Crippen molar-refractivity contribution in [2.75, 3.05) is 19.0 Å². The molecule has 0 aliphatic heterocycles. The van der Waals surface area contributed by atoms with Crippen molar-refractivity contribution in [3.05, 3.63) is 60.7 Å². The van der Waals surface area contributed by atoms with E-state index >= 15 is 0 Å². The van der Waals surface area contributed by atoms with Gasteiger partial charge in [-0.25, -0.2) is 4.98 Å². The van der Waals surface area contributed by atoms with Gasteiger partial charge in [-0.3, -0.25) is 0 Å². The van der Waals surface area contributed by atoms with Crippen molar-refractivity contribution in [3.8, 4) is 11.5 Å². The molecular formula is C19H16N2O. The Hall–Kier alpha value is -2.81. The number of oxazole rings is 1. The molecule has 22 heavy (non-hydrogen) atoms. The molecule has 4 rings (SSSR count). The molecule has 0 aliphatic rings. The number of aromatic nitrogens is 1. The van der Waals surface area contributed by atoms with E-state index in [1.807, 2.05) is 38.4 Å². The highest BCUT2D eigenvalue weighted by molar-refractivity contribution is 5.89. The van der Waals surface area contributed by atoms with Gasteiger partial charge in [-0.2, -0.15) is 0 Å². The largest absolute Gasteiger partial charge is 0.436 e. The van der Waals surface area contributed by atoms with Gasteiger partial charge in [-0.15, -0.1) is 0 Å². The van der Waals surface area contributed by atoms with Crippen LogP contribution in [0.3, 0.4) is 0 Å². The first-order valence-corrected chi connectivity index (χ1v) is 7.28. The zero-order valence-corrected chi connectivity index (χ0v) is 12.6. The summed E-state index contributed by atoms with van der Waals surface area (Å²) in [4.78, 5) is 6.67. The molecule has 0 fully saturated rings. The molecule has 3 heteroatoms. The van der Waals surface area contributed by atoms with Gasteiger partial charge in [0.05, 0.1) is 0 Å². The Kier molecular flexibility index (Phi) is 2.86. The fourth-order valence-electron chi connectivity index (χ4n) is 2.64. The van der Waals surface area contributed by atoms with Crippen LogP contribution < -0.4 is 4.90 Å². The second-order valence-electron chi connectivity index (χ2n) is 5.63. The third kappa shape index (κ3) is 2.11. The fraction of sp³-hybridized carbons (Fsp3) is 0.105. The minimum Gasteiger partial charge on any atom is -0.436 e. The molecule has 0 unspecified atom stereocenters. The quantitative estimate of drug-likeness (QED) is 0.534. The highest BCUT2D eigenvalue weighted by Gasteiger charge is 2.08. The van der Waals surface area contributed by atoms with Gasteiger partial charge in [0.1, 0.15) is 5.52 Å². The smallest absolute Gasteiger partial charge is 0.227 e. The summed E-state index contributed by atoms with van der Waals surface area (Å²) in [6.45, 7) is 0. The van der Waals surface area contributed by atoms with Crippen LogP contribution >= 0.6 is 0 Å². The molecule has 0 N–H and O–H groups in total. The summed E-state index contributed by atoms with van der Waals surface area (Å²) in [5.41, 5.74) is 3.91. The molecule has 0 saturated carbocycles. The standard InChI is InChI=1S/C19H16N2O/c1-21(2)16-10-9-13-11-15(8-7-14(13)12-16)19-20-17-5-3-4-6-18(17)22-19/h3-12H,1-2H3. The summed E-state index contributed by atoms with van der Waals surface area (Å²) in [6.07, 6.45) is 0. The van der Waals surface area contributed by atoms with Crippen LogP contribution in [-0.2, 0) is 0 Å². The Morgan fingerprint density at radius 3 is 2.45 bits per heavy atom. The van der Waals surface area contributed by atoms with Crippen LogP contribution in [0.4, 0.5) is 5.69 Å². The lowest BCUT2D eigenvalue weighted by molar-refractivity contribution is 0.620. The van der Waals surface area contributed by atoms with Crippen molar-refractivity contribution >= 4 is 27.6 Å². The minimum atomic E-state index is 0.666. The van der Waals surface area contributed by atoms with Crippen molar-refractivity contribution < 1.29 is 4.42 Å². The molecule has 0 aliphatic carbocycles. The van der Waals surface area contributed by atoms with Crippen LogP contribution in [0.5, 0.6) is 0 Å². The average molecular weight is 288 g/mol. The highest BCUT2D eigenvalue weighted by atomic mass is 16.3. The minimum absolute atomic E-state index is 0.666. The Labute approximate surface area is 128 Å². The van der Waals surface area contributed by atoms with E-state index in [0.717, 1.165) is 16.7 Å². The molecule has 1 heterocycles. The summed E-state index contributed by atoms with van der Waals surface area (Å²) >= 11 is 0. The Morgan fingerprint density at radius 1 is 0.864 bits per heavy atom. The molecular weight excluding hydrogens is 272 g/mol. The molecule has 3 aromatic carbocycles. The van der Waals surface area contributed by atoms with Gasteiger partial charge in [0.2, 0.25) is 5.89 Å². The number of hydrogen-bond donors (Lipinski definition) is 0.